The molecule has 0 amide bonds. The summed E-state index contributed by atoms with van der Waals surface area (Å²) in [7, 11) is 0. The third kappa shape index (κ3) is 0.983. The number of hydrogen-bond acceptors (Lipinski definition) is 2. The van der Waals surface area contributed by atoms with E-state index in [1.54, 1.807) is 11.9 Å². The summed E-state index contributed by atoms with van der Waals surface area (Å²) in [5.41, 5.74) is 1.39. The van der Waals surface area contributed by atoms with Gasteiger partial charge in [-0.1, -0.05) is 12.1 Å². The number of nitrogens with one attached hydrogen (secondary N) is 1. The van der Waals surface area contributed by atoms with Crippen molar-refractivity contribution in [3.05, 3.63) is 28.2 Å². The smallest absolute Gasteiger partial charge is 0.0415 e. The first-order chi connectivity index (χ1) is 4.88. The molecule has 1 aromatic rings. The molecule has 1 aliphatic rings. The van der Waals surface area contributed by atoms with Crippen LogP contribution in [0.5, 0.6) is 0 Å². The van der Waals surface area contributed by atoms with Crippen molar-refractivity contribution in [3.8, 4) is 0 Å². The van der Waals surface area contributed by atoms with E-state index in [9.17, 15) is 0 Å². The molecule has 0 unspecified atom stereocenters. The molecule has 10 heavy (non-hydrogen) atoms. The molecule has 0 aromatic heterocycles. The van der Waals surface area contributed by atoms with Gasteiger partial charge < -0.3 is 0 Å². The van der Waals surface area contributed by atoms with Gasteiger partial charge in [0.25, 0.3) is 0 Å². The first-order valence-electron chi connectivity index (χ1n) is 3.05. The van der Waals surface area contributed by atoms with Crippen molar-refractivity contribution >= 4 is 27.9 Å². The van der Waals surface area contributed by atoms with E-state index in [1.165, 1.54) is 14.9 Å². The first kappa shape index (κ1) is 6.70. The van der Waals surface area contributed by atoms with E-state index in [1.807, 2.05) is 0 Å². The zero-order chi connectivity index (χ0) is 6.97. The van der Waals surface area contributed by atoms with Crippen LogP contribution in [-0.2, 0) is 6.54 Å². The lowest BCUT2D eigenvalue weighted by atomic mass is 10.2. The highest BCUT2D eigenvalue weighted by Gasteiger charge is 2.12. The van der Waals surface area contributed by atoms with Crippen LogP contribution in [0.15, 0.2) is 27.6 Å². The van der Waals surface area contributed by atoms with Crippen LogP contribution in [0.1, 0.15) is 5.56 Å². The first-order valence-corrected chi connectivity index (χ1v) is 4.66. The molecule has 0 atom stereocenters. The van der Waals surface area contributed by atoms with Crippen LogP contribution >= 0.6 is 27.9 Å². The molecular weight excluding hydrogens is 210 g/mol. The minimum atomic E-state index is 0.986. The van der Waals surface area contributed by atoms with Gasteiger partial charge in [-0.2, -0.15) is 0 Å². The molecule has 0 saturated heterocycles. The largest absolute Gasteiger partial charge is 0.255 e. The lowest BCUT2D eigenvalue weighted by Crippen LogP contribution is -1.91. The number of halogens is 1. The van der Waals surface area contributed by atoms with Gasteiger partial charge >= 0.3 is 0 Å². The molecule has 0 aliphatic carbocycles. The molecule has 2 rings (SSSR count). The van der Waals surface area contributed by atoms with E-state index in [4.69, 9.17) is 0 Å². The Morgan fingerprint density at radius 1 is 1.50 bits per heavy atom. The third-order valence-electron chi connectivity index (χ3n) is 1.49. The summed E-state index contributed by atoms with van der Waals surface area (Å²) in [5.74, 6) is 0. The number of hydrogen-bond donors (Lipinski definition) is 1. The lowest BCUT2D eigenvalue weighted by molar-refractivity contribution is 0.992. The fourth-order valence-electron chi connectivity index (χ4n) is 0.993. The van der Waals surface area contributed by atoms with Gasteiger partial charge in [0.2, 0.25) is 0 Å². The van der Waals surface area contributed by atoms with Crippen LogP contribution in [-0.4, -0.2) is 0 Å². The second-order valence-corrected chi connectivity index (χ2v) is 3.91. The molecule has 1 aliphatic heterocycles. The van der Waals surface area contributed by atoms with Gasteiger partial charge in [0.05, 0.1) is 0 Å². The van der Waals surface area contributed by atoms with Gasteiger partial charge in [0.15, 0.2) is 0 Å². The molecule has 0 radical (unpaired) electrons. The van der Waals surface area contributed by atoms with E-state index in [2.05, 4.69) is 38.9 Å². The molecule has 1 nitrogen and oxygen atoms in total. The van der Waals surface area contributed by atoms with E-state index in [0.717, 1.165) is 6.54 Å². The summed E-state index contributed by atoms with van der Waals surface area (Å²) < 4.78 is 4.41. The Bertz CT molecular complexity index is 262. The van der Waals surface area contributed by atoms with Gasteiger partial charge in [0.1, 0.15) is 0 Å². The molecule has 0 saturated carbocycles. The van der Waals surface area contributed by atoms with Crippen molar-refractivity contribution in [2.75, 3.05) is 0 Å². The lowest BCUT2D eigenvalue weighted by Gasteiger charge is -1.96. The van der Waals surface area contributed by atoms with E-state index >= 15 is 0 Å². The van der Waals surface area contributed by atoms with Crippen molar-refractivity contribution < 1.29 is 0 Å². The van der Waals surface area contributed by atoms with Gasteiger partial charge in [-0.15, -0.1) is 0 Å². The fraction of sp³-hybridized carbons (Fsp3) is 0.143. The Labute approximate surface area is 72.5 Å². The molecular formula is C7H6BrNS. The van der Waals surface area contributed by atoms with E-state index in [0.29, 0.717) is 0 Å². The van der Waals surface area contributed by atoms with Crippen LogP contribution < -0.4 is 4.72 Å². The van der Waals surface area contributed by atoms with Gasteiger partial charge in [-0.3, -0.25) is 4.72 Å². The minimum absolute atomic E-state index is 0.986. The van der Waals surface area contributed by atoms with Crippen LogP contribution in [0, 0.1) is 0 Å². The van der Waals surface area contributed by atoms with Crippen molar-refractivity contribution in [1.29, 1.82) is 0 Å². The predicted octanol–water partition coefficient (Wildman–Crippen LogP) is 2.56. The second-order valence-electron chi connectivity index (χ2n) is 2.15. The summed E-state index contributed by atoms with van der Waals surface area (Å²) in [6.45, 7) is 0.986. The van der Waals surface area contributed by atoms with Crippen molar-refractivity contribution in [3.63, 3.8) is 0 Å². The summed E-state index contributed by atoms with van der Waals surface area (Å²) in [4.78, 5) is 1.34. The Hall–Kier alpha value is 0.01000. The molecule has 1 aromatic carbocycles. The maximum atomic E-state index is 3.49. The Kier molecular flexibility index (Phi) is 1.72. The molecule has 1 heterocycles. The minimum Gasteiger partial charge on any atom is -0.255 e. The average Bonchev–Trinajstić information content (AvgIpc) is 2.36. The van der Waals surface area contributed by atoms with Crippen molar-refractivity contribution in [2.24, 2.45) is 0 Å². The quantitative estimate of drug-likeness (QED) is 0.669. The molecule has 3 heteroatoms. The normalized spacial score (nSPS) is 15.3. The second kappa shape index (κ2) is 2.57. The monoisotopic (exact) mass is 215 g/mol. The van der Waals surface area contributed by atoms with Gasteiger partial charge in [-0.05, 0) is 39.5 Å². The summed E-state index contributed by atoms with van der Waals surface area (Å²) >= 11 is 5.18. The van der Waals surface area contributed by atoms with Gasteiger partial charge in [0, 0.05) is 15.9 Å². The van der Waals surface area contributed by atoms with Gasteiger partial charge in [-0.25, -0.2) is 0 Å². The molecule has 52 valence electrons. The molecule has 0 spiro atoms. The number of benzene rings is 1. The molecule has 0 bridgehead atoms. The predicted molar refractivity (Wildman–Crippen MR) is 46.8 cm³/mol. The average molecular weight is 216 g/mol. The number of fused-ring (bicyclic) bond motifs is 1. The summed E-state index contributed by atoms with van der Waals surface area (Å²) in [5, 5.41) is 0. The maximum Gasteiger partial charge on any atom is 0.0415 e. The highest BCUT2D eigenvalue weighted by molar-refractivity contribution is 9.10. The van der Waals surface area contributed by atoms with E-state index in [-0.39, 0.29) is 0 Å². The maximum absolute atomic E-state index is 3.49. The standard InChI is InChI=1S/C7H6BrNS/c8-6-3-1-2-5-4-9-10-7(5)6/h1-3,9H,4H2. The van der Waals surface area contributed by atoms with Crippen LogP contribution in [0.2, 0.25) is 0 Å². The SMILES string of the molecule is Brc1cccc2c1SNC2. The Morgan fingerprint density at radius 2 is 2.40 bits per heavy atom. The molecule has 0 fully saturated rings. The number of rotatable bonds is 0. The van der Waals surface area contributed by atoms with Crippen LogP contribution in [0.3, 0.4) is 0 Å². The van der Waals surface area contributed by atoms with Crippen LogP contribution in [0.4, 0.5) is 0 Å². The van der Waals surface area contributed by atoms with Crippen molar-refractivity contribution in [1.82, 2.24) is 4.72 Å². The Morgan fingerprint density at radius 3 is 3.20 bits per heavy atom. The Balaban J connectivity index is 2.59. The summed E-state index contributed by atoms with van der Waals surface area (Å²) in [6, 6.07) is 6.28. The van der Waals surface area contributed by atoms with Crippen LogP contribution in [0.25, 0.3) is 0 Å². The zero-order valence-corrected chi connectivity index (χ0v) is 7.63. The zero-order valence-electron chi connectivity index (χ0n) is 5.23. The van der Waals surface area contributed by atoms with Crippen molar-refractivity contribution in [2.45, 2.75) is 11.4 Å². The fourth-order valence-corrected chi connectivity index (χ4v) is 2.45. The third-order valence-corrected chi connectivity index (χ3v) is 3.38. The highest BCUT2D eigenvalue weighted by atomic mass is 79.9. The topological polar surface area (TPSA) is 12.0 Å². The molecule has 1 N–H and O–H groups in total. The van der Waals surface area contributed by atoms with E-state index < -0.39 is 0 Å². The summed E-state index contributed by atoms with van der Waals surface area (Å²) in [6.07, 6.45) is 0. The highest BCUT2D eigenvalue weighted by Crippen LogP contribution is 2.33.